The van der Waals surface area contributed by atoms with Gasteiger partial charge in [0.1, 0.15) is 0 Å². The molecule has 3 saturated heterocycles. The largest absolute Gasteiger partial charge is 0.371 e. The number of aryl methyl sites for hydroxylation is 6. The molecular formula is C57H63I3N6S3. The molecule has 0 radical (unpaired) electrons. The molecule has 0 bridgehead atoms. The summed E-state index contributed by atoms with van der Waals surface area (Å²) in [7, 11) is 0.231. The third kappa shape index (κ3) is 9.95. The molecule has 0 aromatic heterocycles. The van der Waals surface area contributed by atoms with Crippen molar-refractivity contribution in [1.82, 2.24) is 0 Å². The van der Waals surface area contributed by atoms with Gasteiger partial charge in [-0.1, -0.05) is 80.1 Å². The molecule has 0 amide bonds. The van der Waals surface area contributed by atoms with Gasteiger partial charge in [-0.15, -0.1) is 0 Å². The zero-order valence-corrected chi connectivity index (χ0v) is 49.7. The van der Waals surface area contributed by atoms with Crippen molar-refractivity contribution in [2.45, 2.75) is 114 Å². The predicted octanol–water partition coefficient (Wildman–Crippen LogP) is 16.1. The molecule has 360 valence electrons. The van der Waals surface area contributed by atoms with Crippen molar-refractivity contribution >= 4 is 121 Å². The van der Waals surface area contributed by atoms with Gasteiger partial charge in [-0.2, -0.15) is 0 Å². The zero-order valence-electron chi connectivity index (χ0n) is 40.8. The van der Waals surface area contributed by atoms with Crippen molar-refractivity contribution in [2.75, 3.05) is 54.0 Å². The molecule has 6 aliphatic rings. The maximum Gasteiger partial charge on any atom is 0.0809 e. The minimum Gasteiger partial charge on any atom is -0.371 e. The van der Waals surface area contributed by atoms with E-state index in [1.807, 2.05) is 0 Å². The summed E-state index contributed by atoms with van der Waals surface area (Å²) in [5.74, 6) is 0. The molecule has 3 unspecified atom stereocenters. The number of benzene rings is 6. The van der Waals surface area contributed by atoms with Crippen molar-refractivity contribution in [3.8, 4) is 0 Å². The summed E-state index contributed by atoms with van der Waals surface area (Å²) in [6.07, 6.45) is 11.1. The molecule has 6 aromatic carbocycles. The van der Waals surface area contributed by atoms with E-state index in [0.29, 0.717) is 0 Å². The van der Waals surface area contributed by atoms with Gasteiger partial charge in [0, 0.05) is 84.5 Å². The number of nitrogens with zero attached hydrogens (tertiary/aromatic N) is 6. The predicted molar refractivity (Wildman–Crippen MR) is 324 cm³/mol. The van der Waals surface area contributed by atoms with Crippen LogP contribution >= 0.6 is 86.6 Å². The number of hydrogen-bond acceptors (Lipinski definition) is 6. The first-order valence-corrected chi connectivity index (χ1v) is 36.3. The van der Waals surface area contributed by atoms with E-state index in [-0.39, 0.29) is 23.0 Å². The van der Waals surface area contributed by atoms with Crippen LogP contribution in [0.15, 0.2) is 121 Å². The summed E-state index contributed by atoms with van der Waals surface area (Å²) in [6, 6.07) is 34.1. The van der Waals surface area contributed by atoms with E-state index in [1.165, 1.54) is 190 Å². The maximum absolute atomic E-state index is 5.08. The summed E-state index contributed by atoms with van der Waals surface area (Å²) in [5.41, 5.74) is 15.8. The molecule has 0 saturated carbocycles. The maximum atomic E-state index is 5.08. The van der Waals surface area contributed by atoms with Crippen molar-refractivity contribution in [3.05, 3.63) is 154 Å². The highest BCUT2D eigenvalue weighted by molar-refractivity contribution is 14.2. The van der Waals surface area contributed by atoms with Crippen LogP contribution in [0.2, 0.25) is 0 Å². The van der Waals surface area contributed by atoms with Gasteiger partial charge >= 0.3 is 0 Å². The summed E-state index contributed by atoms with van der Waals surface area (Å²) in [6.45, 7) is 20.4. The molecule has 0 N–H and O–H groups in total. The fourth-order valence-corrected chi connectivity index (χ4v) is 20.8. The SMILES string of the molecule is CCc1cc(N2CCCC2)cc2c1=Nc1c(C)cccc1S=2I.CCc1cc(N2CCCC2)cc2c1=Nc1c(C)cccc1S=2I.CCc1cc(N2CCCC2)cc2c1=Nc1c(C)cccc1S=2I. The van der Waals surface area contributed by atoms with Crippen molar-refractivity contribution in [1.29, 1.82) is 0 Å². The Kier molecular flexibility index (Phi) is 15.8. The van der Waals surface area contributed by atoms with Gasteiger partial charge in [-0.3, -0.25) is 0 Å². The Morgan fingerprint density at radius 1 is 0.406 bits per heavy atom. The molecule has 6 aliphatic heterocycles. The second-order valence-electron chi connectivity index (χ2n) is 18.9. The van der Waals surface area contributed by atoms with Crippen LogP contribution in [0.1, 0.15) is 92.7 Å². The van der Waals surface area contributed by atoms with E-state index in [0.717, 1.165) is 19.3 Å². The lowest BCUT2D eigenvalue weighted by atomic mass is 10.1. The average molecular weight is 1310 g/mol. The lowest BCUT2D eigenvalue weighted by molar-refractivity contribution is 0.949. The van der Waals surface area contributed by atoms with E-state index in [9.17, 15) is 0 Å². The molecular weight excluding hydrogens is 1250 g/mol. The van der Waals surface area contributed by atoms with Gasteiger partial charge in [-0.25, -0.2) is 15.0 Å². The minimum atomic E-state index is 0.0770. The summed E-state index contributed by atoms with van der Waals surface area (Å²) in [5, 5.41) is 3.69. The van der Waals surface area contributed by atoms with Crippen LogP contribution < -0.4 is 30.8 Å². The van der Waals surface area contributed by atoms with Crippen LogP contribution in [0.3, 0.4) is 0 Å². The standard InChI is InChI=1S/3C19H21IN2S/c3*1-3-14-11-15(22-9-4-5-10-22)12-17-19(14)21-18-13(2)7-6-8-16(18)23(17)20/h3*6-8,11-12H,3-5,9-10H2,1-2H3. The van der Waals surface area contributed by atoms with E-state index in [4.69, 9.17) is 15.0 Å². The lowest BCUT2D eigenvalue weighted by Crippen LogP contribution is -2.21. The molecule has 6 heterocycles. The fourth-order valence-electron chi connectivity index (χ4n) is 10.5. The Labute approximate surface area is 452 Å². The molecule has 3 atom stereocenters. The first-order valence-electron chi connectivity index (χ1n) is 25.0. The Morgan fingerprint density at radius 2 is 0.667 bits per heavy atom. The lowest BCUT2D eigenvalue weighted by Gasteiger charge is -2.21. The number of fused-ring (bicyclic) bond motifs is 6. The minimum absolute atomic E-state index is 0.0770. The Balaban J connectivity index is 0.000000120. The summed E-state index contributed by atoms with van der Waals surface area (Å²) >= 11 is 7.86. The summed E-state index contributed by atoms with van der Waals surface area (Å²) in [4.78, 5) is 27.0. The van der Waals surface area contributed by atoms with Gasteiger partial charge in [0.25, 0.3) is 0 Å². The van der Waals surface area contributed by atoms with E-state index < -0.39 is 0 Å². The Hall–Kier alpha value is -2.64. The smallest absolute Gasteiger partial charge is 0.0809 e. The second kappa shape index (κ2) is 21.8. The first kappa shape index (κ1) is 49.9. The highest BCUT2D eigenvalue weighted by Crippen LogP contribution is 2.49. The average Bonchev–Trinajstić information content (AvgIpc) is 4.22. The van der Waals surface area contributed by atoms with Crippen LogP contribution in [-0.4, -0.2) is 39.3 Å². The van der Waals surface area contributed by atoms with Crippen LogP contribution in [0.25, 0.3) is 0 Å². The number of halogens is 3. The Morgan fingerprint density at radius 3 is 0.913 bits per heavy atom. The number of anilines is 3. The van der Waals surface area contributed by atoms with Crippen molar-refractivity contribution < 1.29 is 0 Å². The van der Waals surface area contributed by atoms with E-state index in [2.05, 4.69) is 211 Å². The van der Waals surface area contributed by atoms with Gasteiger partial charge < -0.3 is 14.7 Å². The monoisotopic (exact) mass is 1310 g/mol. The first-order chi connectivity index (χ1) is 33.6. The van der Waals surface area contributed by atoms with Gasteiger partial charge in [-0.05, 0) is 230 Å². The molecule has 0 spiro atoms. The molecule has 6 nitrogen and oxygen atoms in total. The number of rotatable bonds is 6. The highest BCUT2D eigenvalue weighted by atomic mass is 127. The van der Waals surface area contributed by atoms with Gasteiger partial charge in [0.15, 0.2) is 0 Å². The summed E-state index contributed by atoms with van der Waals surface area (Å²) < 4.78 is 4.26. The highest BCUT2D eigenvalue weighted by Gasteiger charge is 2.22. The Bertz CT molecular complexity index is 3050. The number of hydrogen-bond donors (Lipinski definition) is 0. The topological polar surface area (TPSA) is 46.8 Å². The van der Waals surface area contributed by atoms with E-state index >= 15 is 0 Å². The fraction of sp³-hybridized carbons (Fsp3) is 0.368. The third-order valence-electron chi connectivity index (χ3n) is 14.4. The van der Waals surface area contributed by atoms with Crippen molar-refractivity contribution in [3.63, 3.8) is 0 Å². The van der Waals surface area contributed by atoms with Crippen LogP contribution in [0, 0.1) is 34.3 Å². The van der Waals surface area contributed by atoms with Crippen LogP contribution in [0.5, 0.6) is 0 Å². The molecule has 69 heavy (non-hydrogen) atoms. The van der Waals surface area contributed by atoms with Gasteiger partial charge in [0.2, 0.25) is 0 Å². The number of para-hydroxylation sites is 3. The second-order valence-corrected chi connectivity index (χ2v) is 31.0. The van der Waals surface area contributed by atoms with Gasteiger partial charge in [0.05, 0.1) is 33.1 Å². The van der Waals surface area contributed by atoms with E-state index in [1.54, 1.807) is 0 Å². The van der Waals surface area contributed by atoms with Crippen LogP contribution in [0.4, 0.5) is 34.1 Å². The third-order valence-corrected chi connectivity index (χ3v) is 27.2. The zero-order chi connectivity index (χ0) is 47.9. The molecule has 0 aliphatic carbocycles. The molecule has 12 heteroatoms. The molecule has 12 rings (SSSR count). The molecule has 3 fully saturated rings. The van der Waals surface area contributed by atoms with Crippen molar-refractivity contribution in [2.24, 2.45) is 15.0 Å². The normalized spacial score (nSPS) is 19.3. The quantitative estimate of drug-likeness (QED) is 0.123. The van der Waals surface area contributed by atoms with Crippen LogP contribution in [-0.2, 0) is 19.3 Å². The molecule has 6 aromatic rings.